The second-order valence-corrected chi connectivity index (χ2v) is 10.2. The molecule has 0 radical (unpaired) electrons. The first-order valence-corrected chi connectivity index (χ1v) is 12.6. The molecule has 2 aromatic carbocycles. The molecule has 4 aromatic rings. The van der Waals surface area contributed by atoms with Crippen molar-refractivity contribution in [3.05, 3.63) is 66.0 Å². The van der Waals surface area contributed by atoms with Crippen molar-refractivity contribution in [2.75, 3.05) is 11.9 Å². The van der Waals surface area contributed by atoms with Crippen LogP contribution < -0.4 is 15.8 Å². The number of aromatic nitrogens is 3. The Bertz CT molecular complexity index is 1420. The first kappa shape index (κ1) is 23.9. The lowest BCUT2D eigenvalue weighted by Crippen LogP contribution is -2.13. The molecule has 186 valence electrons. The predicted octanol–water partition coefficient (Wildman–Crippen LogP) is 5.89. The molecule has 1 aliphatic carbocycles. The maximum Gasteiger partial charge on any atom is 0.248 e. The van der Waals surface area contributed by atoms with Crippen molar-refractivity contribution >= 4 is 17.4 Å². The predicted molar refractivity (Wildman–Crippen MR) is 143 cm³/mol. The number of carbonyl (C=O) groups is 1. The normalized spacial score (nSPS) is 13.5. The highest BCUT2D eigenvalue weighted by Crippen LogP contribution is 2.43. The van der Waals surface area contributed by atoms with Gasteiger partial charge < -0.3 is 15.8 Å². The molecule has 1 aliphatic rings. The van der Waals surface area contributed by atoms with Gasteiger partial charge in [0.05, 0.1) is 23.7 Å². The number of rotatable bonds is 9. The van der Waals surface area contributed by atoms with Gasteiger partial charge in [-0.2, -0.15) is 0 Å². The summed E-state index contributed by atoms with van der Waals surface area (Å²) in [5.74, 6) is 2.02. The van der Waals surface area contributed by atoms with Crippen LogP contribution in [0, 0.1) is 5.92 Å². The summed E-state index contributed by atoms with van der Waals surface area (Å²) in [6.45, 7) is 9.14. The van der Waals surface area contributed by atoms with Crippen LogP contribution in [0.1, 0.15) is 62.4 Å². The minimum atomic E-state index is -0.378. The van der Waals surface area contributed by atoms with E-state index in [-0.39, 0.29) is 12.0 Å². The monoisotopic (exact) mass is 483 g/mol. The summed E-state index contributed by atoms with van der Waals surface area (Å²) in [6.07, 6.45) is 6.15. The lowest BCUT2D eigenvalue weighted by Gasteiger charge is -2.14. The van der Waals surface area contributed by atoms with E-state index >= 15 is 0 Å². The molecule has 3 N–H and O–H groups in total. The second kappa shape index (κ2) is 9.64. The first-order chi connectivity index (χ1) is 17.3. The highest BCUT2D eigenvalue weighted by Gasteiger charge is 2.28. The van der Waals surface area contributed by atoms with E-state index in [0.717, 1.165) is 64.7 Å². The van der Waals surface area contributed by atoms with Crippen molar-refractivity contribution in [3.8, 4) is 28.3 Å². The van der Waals surface area contributed by atoms with Crippen LogP contribution in [0.25, 0.3) is 28.2 Å². The number of nitrogens with zero attached hydrogens (tertiary/aromatic N) is 3. The Morgan fingerprint density at radius 1 is 1.14 bits per heavy atom. The van der Waals surface area contributed by atoms with Gasteiger partial charge in [-0.15, -0.1) is 0 Å². The number of anilines is 1. The van der Waals surface area contributed by atoms with Gasteiger partial charge in [-0.1, -0.05) is 32.0 Å². The smallest absolute Gasteiger partial charge is 0.248 e. The number of fused-ring (bicyclic) bond motifs is 1. The van der Waals surface area contributed by atoms with E-state index in [9.17, 15) is 4.79 Å². The van der Waals surface area contributed by atoms with Gasteiger partial charge in [0.25, 0.3) is 0 Å². The van der Waals surface area contributed by atoms with E-state index in [4.69, 9.17) is 20.4 Å². The number of imidazole rings is 1. The average molecular weight is 484 g/mol. The molecule has 0 bridgehead atoms. The van der Waals surface area contributed by atoms with Crippen LogP contribution >= 0.6 is 0 Å². The summed E-state index contributed by atoms with van der Waals surface area (Å²) < 4.78 is 8.00. The maximum absolute atomic E-state index is 12.0. The van der Waals surface area contributed by atoms with Gasteiger partial charge in [0, 0.05) is 29.4 Å². The van der Waals surface area contributed by atoms with E-state index in [1.807, 2.05) is 62.6 Å². The molecule has 2 aromatic heterocycles. The van der Waals surface area contributed by atoms with E-state index in [1.165, 1.54) is 0 Å². The zero-order chi connectivity index (χ0) is 25.4. The zero-order valence-corrected chi connectivity index (χ0v) is 21.3. The molecular weight excluding hydrogens is 450 g/mol. The van der Waals surface area contributed by atoms with Gasteiger partial charge in [-0.25, -0.2) is 9.97 Å². The summed E-state index contributed by atoms with van der Waals surface area (Å²) in [7, 11) is 0. The molecular formula is C29H33N5O2. The van der Waals surface area contributed by atoms with Gasteiger partial charge in [0.15, 0.2) is 11.5 Å². The van der Waals surface area contributed by atoms with Gasteiger partial charge in [0.2, 0.25) is 5.91 Å². The van der Waals surface area contributed by atoms with Crippen molar-refractivity contribution < 1.29 is 9.53 Å². The third-order valence-electron chi connectivity index (χ3n) is 6.30. The van der Waals surface area contributed by atoms with Crippen LogP contribution in [-0.2, 0) is 0 Å². The second-order valence-electron chi connectivity index (χ2n) is 10.2. The minimum absolute atomic E-state index is 0.0863. The number of hydrogen-bond acceptors (Lipinski definition) is 5. The number of nitrogens with one attached hydrogen (secondary N) is 1. The van der Waals surface area contributed by atoms with Crippen molar-refractivity contribution in [2.24, 2.45) is 11.7 Å². The third kappa shape index (κ3) is 4.91. The van der Waals surface area contributed by atoms with Crippen molar-refractivity contribution in [1.29, 1.82) is 0 Å². The molecule has 36 heavy (non-hydrogen) atoms. The summed E-state index contributed by atoms with van der Waals surface area (Å²) >= 11 is 0. The lowest BCUT2D eigenvalue weighted by molar-refractivity contribution is 0.0999. The third-order valence-corrected chi connectivity index (χ3v) is 6.30. The lowest BCUT2D eigenvalue weighted by atomic mass is 9.98. The van der Waals surface area contributed by atoms with Crippen LogP contribution in [-0.4, -0.2) is 32.9 Å². The fourth-order valence-electron chi connectivity index (χ4n) is 4.44. The maximum atomic E-state index is 12.0. The molecule has 2 heterocycles. The number of carbonyl (C=O) groups excluding carboxylic acids is 1. The van der Waals surface area contributed by atoms with Crippen LogP contribution in [0.15, 0.2) is 54.9 Å². The molecule has 0 spiro atoms. The number of ether oxygens (including phenoxy) is 1. The van der Waals surface area contributed by atoms with Crippen molar-refractivity contribution in [1.82, 2.24) is 14.4 Å². The topological polar surface area (TPSA) is 94.5 Å². The van der Waals surface area contributed by atoms with E-state index in [2.05, 4.69) is 29.6 Å². The number of hydrogen-bond donors (Lipinski definition) is 2. The first-order valence-electron chi connectivity index (χ1n) is 12.6. The highest BCUT2D eigenvalue weighted by molar-refractivity contribution is 5.95. The standard InChI is InChI=1S/C29H33N5O2/c1-17(2)14-31-28-29-32-15-26(21-10-11-23(27(30)35)24(13-21)19-8-9-19)34(29)16-25(33-28)20-6-5-7-22(12-20)36-18(3)4/h5-7,10-13,15-19H,8-9,14H2,1-4H3,(H2,30,35)(H,31,33). The average Bonchev–Trinajstić information content (AvgIpc) is 3.60. The molecule has 0 atom stereocenters. The zero-order valence-electron chi connectivity index (χ0n) is 21.3. The number of nitrogens with two attached hydrogens (primary N) is 1. The molecule has 0 saturated heterocycles. The van der Waals surface area contributed by atoms with Crippen molar-refractivity contribution in [2.45, 2.75) is 52.6 Å². The molecule has 7 heteroatoms. The molecule has 1 saturated carbocycles. The van der Waals surface area contributed by atoms with E-state index in [1.54, 1.807) is 0 Å². The van der Waals surface area contributed by atoms with Crippen LogP contribution in [0.2, 0.25) is 0 Å². The molecule has 1 amide bonds. The Hall–Kier alpha value is -3.87. The van der Waals surface area contributed by atoms with E-state index in [0.29, 0.717) is 17.4 Å². The summed E-state index contributed by atoms with van der Waals surface area (Å²) in [5, 5.41) is 3.49. The van der Waals surface area contributed by atoms with Crippen LogP contribution in [0.5, 0.6) is 5.75 Å². The number of amides is 1. The Morgan fingerprint density at radius 3 is 2.64 bits per heavy atom. The van der Waals surface area contributed by atoms with Gasteiger partial charge >= 0.3 is 0 Å². The van der Waals surface area contributed by atoms with Gasteiger partial charge in [0.1, 0.15) is 5.75 Å². The highest BCUT2D eigenvalue weighted by atomic mass is 16.5. The van der Waals surface area contributed by atoms with Gasteiger partial charge in [-0.05, 0) is 68.4 Å². The fourth-order valence-corrected chi connectivity index (χ4v) is 4.44. The molecule has 1 fully saturated rings. The van der Waals surface area contributed by atoms with E-state index < -0.39 is 0 Å². The Balaban J connectivity index is 1.64. The quantitative estimate of drug-likeness (QED) is 0.309. The Kier molecular flexibility index (Phi) is 6.39. The molecule has 0 unspecified atom stereocenters. The van der Waals surface area contributed by atoms with Crippen LogP contribution in [0.4, 0.5) is 5.82 Å². The van der Waals surface area contributed by atoms with Crippen LogP contribution in [0.3, 0.4) is 0 Å². The van der Waals surface area contributed by atoms with Crippen molar-refractivity contribution in [3.63, 3.8) is 0 Å². The Morgan fingerprint density at radius 2 is 1.94 bits per heavy atom. The molecule has 5 rings (SSSR count). The largest absolute Gasteiger partial charge is 0.491 e. The summed E-state index contributed by atoms with van der Waals surface area (Å²) in [6, 6.07) is 13.9. The fraction of sp³-hybridized carbons (Fsp3) is 0.345. The summed E-state index contributed by atoms with van der Waals surface area (Å²) in [5.41, 5.74) is 11.8. The SMILES string of the molecule is CC(C)CNc1nc(-c2cccc(OC(C)C)c2)cn2c(-c3ccc(C(N)=O)c(C4CC4)c3)cnc12. The Labute approximate surface area is 211 Å². The number of primary amides is 1. The minimum Gasteiger partial charge on any atom is -0.491 e. The van der Waals surface area contributed by atoms with Gasteiger partial charge in [-0.3, -0.25) is 9.20 Å². The summed E-state index contributed by atoms with van der Waals surface area (Å²) in [4.78, 5) is 21.7. The molecule has 0 aliphatic heterocycles. The number of benzene rings is 2. The molecule has 7 nitrogen and oxygen atoms in total.